The number of carbonyl (C=O) groups is 2. The van der Waals surface area contributed by atoms with E-state index in [-0.39, 0.29) is 12.3 Å². The van der Waals surface area contributed by atoms with Crippen LogP contribution in [0.5, 0.6) is 0 Å². The number of amides is 1. The smallest absolute Gasteiger partial charge is 0.224 e. The summed E-state index contributed by atoms with van der Waals surface area (Å²) in [6, 6.07) is 1.54. The van der Waals surface area contributed by atoms with Gasteiger partial charge in [-0.3, -0.25) is 9.59 Å². The summed E-state index contributed by atoms with van der Waals surface area (Å²) in [6.07, 6.45) is 1.66. The van der Waals surface area contributed by atoms with Gasteiger partial charge in [0.25, 0.3) is 0 Å². The van der Waals surface area contributed by atoms with Crippen LogP contribution in [0.25, 0.3) is 10.9 Å². The number of benzene rings is 1. The zero-order valence-corrected chi connectivity index (χ0v) is 11.4. The molecule has 0 aliphatic carbocycles. The van der Waals surface area contributed by atoms with Gasteiger partial charge in [0.1, 0.15) is 0 Å². The Morgan fingerprint density at radius 3 is 2.84 bits per heavy atom. The minimum Gasteiger partial charge on any atom is -0.357 e. The third-order valence-electron chi connectivity index (χ3n) is 3.35. The lowest BCUT2D eigenvalue weighted by molar-refractivity contribution is -0.120. The van der Waals surface area contributed by atoms with Gasteiger partial charge in [-0.25, -0.2) is 0 Å². The Bertz CT molecular complexity index is 706. The maximum atomic E-state index is 11.7. The number of H-pyrrole nitrogens is 1. The third-order valence-corrected chi connectivity index (χ3v) is 4.14. The summed E-state index contributed by atoms with van der Waals surface area (Å²) in [7, 11) is 0. The molecule has 0 unspecified atom stereocenters. The molecule has 2 N–H and O–H groups in total. The van der Waals surface area contributed by atoms with Crippen LogP contribution in [0.3, 0.4) is 0 Å². The summed E-state index contributed by atoms with van der Waals surface area (Å²) in [5.74, 6) is -0.0532. The summed E-state index contributed by atoms with van der Waals surface area (Å²) in [4.78, 5) is 26.1. The lowest BCUT2D eigenvalue weighted by Gasteiger charge is -2.04. The number of nitrogens with one attached hydrogen (secondary N) is 2. The standard InChI is InChI=1S/C13H10Cl2N2O2/c14-8-3-6(5-18)11-7-4-10(19)16-2-1-9(7)17-13(11)12(8)15/h3,5,17H,1-2,4H2,(H,16,19). The van der Waals surface area contributed by atoms with Crippen LogP contribution in [0.1, 0.15) is 21.6 Å². The molecule has 1 aliphatic heterocycles. The second kappa shape index (κ2) is 4.54. The van der Waals surface area contributed by atoms with Crippen molar-refractivity contribution in [3.63, 3.8) is 0 Å². The number of aldehydes is 1. The molecule has 98 valence electrons. The van der Waals surface area contributed by atoms with Gasteiger partial charge in [0, 0.05) is 29.6 Å². The highest BCUT2D eigenvalue weighted by Gasteiger charge is 2.22. The molecule has 4 nitrogen and oxygen atoms in total. The average molecular weight is 297 g/mol. The van der Waals surface area contributed by atoms with E-state index in [0.29, 0.717) is 39.5 Å². The van der Waals surface area contributed by atoms with Gasteiger partial charge in [0.15, 0.2) is 6.29 Å². The number of carbonyl (C=O) groups excluding carboxylic acids is 2. The fourth-order valence-corrected chi connectivity index (χ4v) is 2.92. The van der Waals surface area contributed by atoms with Gasteiger partial charge < -0.3 is 10.3 Å². The van der Waals surface area contributed by atoms with E-state index in [1.54, 1.807) is 0 Å². The molecule has 1 amide bonds. The van der Waals surface area contributed by atoms with Gasteiger partial charge in [0.05, 0.1) is 22.0 Å². The van der Waals surface area contributed by atoms with Crippen LogP contribution in [0.4, 0.5) is 0 Å². The fourth-order valence-electron chi connectivity index (χ4n) is 2.52. The number of aromatic amines is 1. The van der Waals surface area contributed by atoms with Crippen molar-refractivity contribution in [2.75, 3.05) is 6.54 Å². The van der Waals surface area contributed by atoms with Gasteiger partial charge in [0.2, 0.25) is 5.91 Å². The zero-order chi connectivity index (χ0) is 13.6. The molecule has 1 aromatic carbocycles. The predicted octanol–water partition coefficient (Wildman–Crippen LogP) is 2.50. The first kappa shape index (κ1) is 12.5. The summed E-state index contributed by atoms with van der Waals surface area (Å²) in [5.41, 5.74) is 2.86. The highest BCUT2D eigenvalue weighted by atomic mass is 35.5. The fraction of sp³-hybridized carbons (Fsp3) is 0.231. The van der Waals surface area contributed by atoms with Gasteiger partial charge in [-0.05, 0) is 11.6 Å². The van der Waals surface area contributed by atoms with E-state index in [1.807, 2.05) is 0 Å². The van der Waals surface area contributed by atoms with E-state index in [0.717, 1.165) is 17.5 Å². The number of hydrogen-bond acceptors (Lipinski definition) is 2. The van der Waals surface area contributed by atoms with Crippen LogP contribution in [0.2, 0.25) is 10.0 Å². The van der Waals surface area contributed by atoms with E-state index in [1.165, 1.54) is 6.07 Å². The van der Waals surface area contributed by atoms with Crippen molar-refractivity contribution in [1.82, 2.24) is 10.3 Å². The van der Waals surface area contributed by atoms with E-state index in [2.05, 4.69) is 10.3 Å². The molecule has 2 heterocycles. The van der Waals surface area contributed by atoms with Crippen molar-refractivity contribution in [2.45, 2.75) is 12.8 Å². The second-order valence-electron chi connectivity index (χ2n) is 4.49. The van der Waals surface area contributed by atoms with Crippen LogP contribution >= 0.6 is 23.2 Å². The highest BCUT2D eigenvalue weighted by Crippen LogP contribution is 2.36. The quantitative estimate of drug-likeness (QED) is 0.794. The molecule has 1 aromatic heterocycles. The van der Waals surface area contributed by atoms with E-state index in [9.17, 15) is 9.59 Å². The second-order valence-corrected chi connectivity index (χ2v) is 5.27. The molecule has 1 aliphatic rings. The van der Waals surface area contributed by atoms with Crippen LogP contribution in [-0.4, -0.2) is 23.7 Å². The average Bonchev–Trinajstić information content (AvgIpc) is 2.63. The van der Waals surface area contributed by atoms with Crippen LogP contribution in [0, 0.1) is 0 Å². The van der Waals surface area contributed by atoms with Crippen molar-refractivity contribution >= 4 is 46.3 Å². The van der Waals surface area contributed by atoms with Crippen LogP contribution < -0.4 is 5.32 Å². The molecule has 19 heavy (non-hydrogen) atoms. The van der Waals surface area contributed by atoms with Crippen LogP contribution in [0.15, 0.2) is 6.07 Å². The molecule has 0 radical (unpaired) electrons. The minimum absolute atomic E-state index is 0.0532. The summed E-state index contributed by atoms with van der Waals surface area (Å²) in [6.45, 7) is 0.570. The Labute approximate surface area is 119 Å². The molecular formula is C13H10Cl2N2O2. The Kier molecular flexibility index (Phi) is 2.99. The van der Waals surface area contributed by atoms with Crippen LogP contribution in [-0.2, 0) is 17.6 Å². The van der Waals surface area contributed by atoms with Crippen molar-refractivity contribution in [2.24, 2.45) is 0 Å². The minimum atomic E-state index is -0.0532. The lowest BCUT2D eigenvalue weighted by atomic mass is 10.0. The lowest BCUT2D eigenvalue weighted by Crippen LogP contribution is -2.24. The molecule has 0 saturated carbocycles. The molecule has 3 rings (SSSR count). The van der Waals surface area contributed by atoms with E-state index >= 15 is 0 Å². The number of fused-ring (bicyclic) bond motifs is 3. The van der Waals surface area contributed by atoms with Crippen molar-refractivity contribution in [1.29, 1.82) is 0 Å². The van der Waals surface area contributed by atoms with Crippen molar-refractivity contribution in [3.8, 4) is 0 Å². The third kappa shape index (κ3) is 1.91. The Morgan fingerprint density at radius 2 is 2.11 bits per heavy atom. The largest absolute Gasteiger partial charge is 0.357 e. The molecule has 2 aromatic rings. The first-order valence-electron chi connectivity index (χ1n) is 5.85. The SMILES string of the molecule is O=Cc1cc(Cl)c(Cl)c2[nH]c3c(c12)CC(=O)NCC3. The Balaban J connectivity index is 2.38. The van der Waals surface area contributed by atoms with Gasteiger partial charge in [-0.2, -0.15) is 0 Å². The molecular weight excluding hydrogens is 287 g/mol. The summed E-state index contributed by atoms with van der Waals surface area (Å²) in [5, 5.41) is 4.22. The van der Waals surface area contributed by atoms with Gasteiger partial charge in [-0.1, -0.05) is 23.2 Å². The van der Waals surface area contributed by atoms with Gasteiger partial charge in [-0.15, -0.1) is 0 Å². The molecule has 0 atom stereocenters. The first-order valence-corrected chi connectivity index (χ1v) is 6.60. The normalized spacial score (nSPS) is 14.9. The van der Waals surface area contributed by atoms with E-state index in [4.69, 9.17) is 23.2 Å². The van der Waals surface area contributed by atoms with E-state index < -0.39 is 0 Å². The molecule has 0 bridgehead atoms. The monoisotopic (exact) mass is 296 g/mol. The molecule has 0 fully saturated rings. The highest BCUT2D eigenvalue weighted by molar-refractivity contribution is 6.45. The number of rotatable bonds is 1. The maximum Gasteiger partial charge on any atom is 0.224 e. The number of hydrogen-bond donors (Lipinski definition) is 2. The van der Waals surface area contributed by atoms with Crippen molar-refractivity contribution in [3.05, 3.63) is 32.9 Å². The molecule has 0 spiro atoms. The first-order chi connectivity index (χ1) is 9.11. The molecule has 0 saturated heterocycles. The predicted molar refractivity (Wildman–Crippen MR) is 74.1 cm³/mol. The zero-order valence-electron chi connectivity index (χ0n) is 9.85. The molecule has 6 heteroatoms. The number of halogens is 2. The summed E-state index contributed by atoms with van der Waals surface area (Å²) >= 11 is 12.2. The Morgan fingerprint density at radius 1 is 1.32 bits per heavy atom. The van der Waals surface area contributed by atoms with Gasteiger partial charge >= 0.3 is 0 Å². The topological polar surface area (TPSA) is 62.0 Å². The number of aromatic nitrogens is 1. The Hall–Kier alpha value is -1.52. The van der Waals surface area contributed by atoms with Crippen molar-refractivity contribution < 1.29 is 9.59 Å². The summed E-state index contributed by atoms with van der Waals surface area (Å²) < 4.78 is 0. The maximum absolute atomic E-state index is 11.7.